The average Bonchev–Trinajstić information content (AvgIpc) is 1.64. The Balaban J connectivity index is 4.14. The van der Waals surface area contributed by atoms with Gasteiger partial charge in [-0.15, -0.1) is 0 Å². The fourth-order valence-electron chi connectivity index (χ4n) is 0.530. The topological polar surface area (TPSA) is 20.2 Å². The monoisotopic (exact) mass is 238 g/mol. The van der Waals surface area contributed by atoms with Crippen LogP contribution in [0.2, 0.25) is 12.8 Å². The minimum absolute atomic E-state index is 0.212. The van der Waals surface area contributed by atoms with E-state index in [0.717, 1.165) is 4.44 Å². The van der Waals surface area contributed by atoms with Crippen molar-refractivity contribution < 1.29 is 3.44 Å². The van der Waals surface area contributed by atoms with E-state index in [1.807, 2.05) is 0 Å². The molecule has 0 aliphatic rings. The molecule has 1 nitrogen and oxygen atoms in total. The molecule has 2 heteroatoms. The quantitative estimate of drug-likeness (QED) is 0.694. The number of rotatable bonds is 1. The van der Waals surface area contributed by atoms with E-state index < -0.39 is 18.8 Å². The van der Waals surface area contributed by atoms with Crippen molar-refractivity contribution in [3.63, 3.8) is 0 Å². The second kappa shape index (κ2) is 2.79. The van der Waals surface area contributed by atoms with Crippen LogP contribution in [0.1, 0.15) is 27.7 Å². The first-order valence-corrected chi connectivity index (χ1v) is 11.1. The molecule has 0 saturated carbocycles. The summed E-state index contributed by atoms with van der Waals surface area (Å²) in [6.45, 7) is 8.53. The number of hydrogen-bond donors (Lipinski definition) is 1. The Hall–Kier alpha value is 0.759. The van der Waals surface area contributed by atoms with Crippen LogP contribution in [0.5, 0.6) is 0 Å². The summed E-state index contributed by atoms with van der Waals surface area (Å²) in [6, 6.07) is 0. The third-order valence-electron chi connectivity index (χ3n) is 2.30. The second-order valence-corrected chi connectivity index (χ2v) is 17.4. The summed E-state index contributed by atoms with van der Waals surface area (Å²) in [6.07, 6.45) is 0. The molecule has 0 aliphatic carbocycles. The van der Waals surface area contributed by atoms with Gasteiger partial charge in [0.25, 0.3) is 0 Å². The van der Waals surface area contributed by atoms with E-state index in [4.69, 9.17) is 0 Å². The molecule has 1 unspecified atom stereocenters. The van der Waals surface area contributed by atoms with Crippen molar-refractivity contribution in [1.29, 1.82) is 0 Å². The van der Waals surface area contributed by atoms with Crippen molar-refractivity contribution in [2.75, 3.05) is 0 Å². The Bertz CT molecular complexity index is 91.6. The molecule has 9 heavy (non-hydrogen) atoms. The maximum absolute atomic E-state index is 9.87. The summed E-state index contributed by atoms with van der Waals surface area (Å²) in [7, 11) is 0. The van der Waals surface area contributed by atoms with Gasteiger partial charge in [-0.05, 0) is 0 Å². The van der Waals surface area contributed by atoms with E-state index in [-0.39, 0.29) is 3.43 Å². The van der Waals surface area contributed by atoms with Crippen LogP contribution in [-0.2, 0) is 0 Å². The molecule has 0 saturated heterocycles. The van der Waals surface area contributed by atoms with Crippen LogP contribution in [0.15, 0.2) is 0 Å². The summed E-state index contributed by atoms with van der Waals surface area (Å²) in [5.41, 5.74) is 0. The maximum atomic E-state index is 9.87. The first-order chi connectivity index (χ1) is 3.81. The van der Waals surface area contributed by atoms with E-state index in [1.165, 1.54) is 0 Å². The van der Waals surface area contributed by atoms with Crippen LogP contribution in [0.4, 0.5) is 0 Å². The van der Waals surface area contributed by atoms with Gasteiger partial charge < -0.3 is 0 Å². The molecule has 1 N–H and O–H groups in total. The third kappa shape index (κ3) is 2.46. The van der Waals surface area contributed by atoms with Gasteiger partial charge in [-0.25, -0.2) is 0 Å². The Morgan fingerprint density at radius 1 is 1.33 bits per heavy atom. The Labute approximate surface area is 62.9 Å². The second-order valence-electron chi connectivity index (χ2n) is 3.88. The van der Waals surface area contributed by atoms with Gasteiger partial charge in [0, 0.05) is 0 Å². The molecular weight excluding hydrogens is 219 g/mol. The van der Waals surface area contributed by atoms with Crippen LogP contribution in [0.25, 0.3) is 0 Å². The average molecular weight is 237 g/mol. The fraction of sp³-hybridized carbons (Fsp3) is 1.00. The molecule has 0 spiro atoms. The molecule has 1 atom stereocenters. The Morgan fingerprint density at radius 3 is 1.67 bits per heavy atom. The van der Waals surface area contributed by atoms with Gasteiger partial charge in [-0.2, -0.15) is 0 Å². The van der Waals surface area contributed by atoms with Gasteiger partial charge in [0.2, 0.25) is 0 Å². The molecule has 0 amide bonds. The van der Waals surface area contributed by atoms with Gasteiger partial charge >= 0.3 is 62.7 Å². The van der Waals surface area contributed by atoms with E-state index in [0.29, 0.717) is 0 Å². The number of hydrogen-bond acceptors (Lipinski definition) is 1. The predicted molar refractivity (Wildman–Crippen MR) is 44.0 cm³/mol. The van der Waals surface area contributed by atoms with Crippen LogP contribution >= 0.6 is 0 Å². The van der Waals surface area contributed by atoms with Crippen LogP contribution in [0.3, 0.4) is 0 Å². The van der Waals surface area contributed by atoms with E-state index in [1.54, 1.807) is 0 Å². The standard InChI is InChI=1S/C4H9.C2H5.CH3.H2O.Sn/c1-4(2)3;1-2;;;/h1-3H3;1H2,2H3;1H3;1H2;/q;;;;+1/p-1. The van der Waals surface area contributed by atoms with Crippen LogP contribution < -0.4 is 0 Å². The molecule has 0 aromatic heterocycles. The Kier molecular flexibility index (Phi) is 3.02. The van der Waals surface area contributed by atoms with Crippen molar-refractivity contribution in [3.05, 3.63) is 0 Å². The predicted octanol–water partition coefficient (Wildman–Crippen LogP) is 2.37. The van der Waals surface area contributed by atoms with Crippen molar-refractivity contribution in [3.8, 4) is 0 Å². The zero-order valence-corrected chi connectivity index (χ0v) is 10.0. The van der Waals surface area contributed by atoms with Gasteiger partial charge in [0.15, 0.2) is 0 Å². The summed E-state index contributed by atoms with van der Waals surface area (Å²) in [5.74, 6) is 0. The molecular formula is C7H18OSn. The third-order valence-corrected chi connectivity index (χ3v) is 15.5. The summed E-state index contributed by atoms with van der Waals surface area (Å²) < 4.78 is 11.1. The van der Waals surface area contributed by atoms with Crippen LogP contribution in [-0.4, -0.2) is 22.2 Å². The molecule has 0 rings (SSSR count). The van der Waals surface area contributed by atoms with E-state index in [9.17, 15) is 3.44 Å². The van der Waals surface area contributed by atoms with Crippen molar-refractivity contribution in [2.24, 2.45) is 0 Å². The minimum atomic E-state index is -2.57. The van der Waals surface area contributed by atoms with Gasteiger partial charge in [-0.3, -0.25) is 0 Å². The van der Waals surface area contributed by atoms with E-state index in [2.05, 4.69) is 32.6 Å². The summed E-state index contributed by atoms with van der Waals surface area (Å²) in [4.78, 5) is 2.09. The molecule has 0 aromatic rings. The zero-order chi connectivity index (χ0) is 7.71. The normalized spacial score (nSPS) is 19.3. The SMILES string of the molecule is C[CH2][Sn]([CH3])([OH])[C](C)(C)C. The summed E-state index contributed by atoms with van der Waals surface area (Å²) >= 11 is -2.57. The zero-order valence-electron chi connectivity index (χ0n) is 7.15. The van der Waals surface area contributed by atoms with Crippen molar-refractivity contribution in [2.45, 2.75) is 40.5 Å². The fourth-order valence-corrected chi connectivity index (χ4v) is 3.56. The molecule has 0 heterocycles. The molecule has 0 aromatic carbocycles. The van der Waals surface area contributed by atoms with Crippen molar-refractivity contribution >= 4 is 18.8 Å². The van der Waals surface area contributed by atoms with Crippen LogP contribution in [0, 0.1) is 0 Å². The summed E-state index contributed by atoms with van der Waals surface area (Å²) in [5, 5.41) is 0. The molecule has 56 valence electrons. The molecule has 0 aliphatic heterocycles. The molecule has 0 fully saturated rings. The first-order valence-electron chi connectivity index (χ1n) is 3.53. The van der Waals surface area contributed by atoms with Gasteiger partial charge in [0.05, 0.1) is 0 Å². The molecule has 0 radical (unpaired) electrons. The Morgan fingerprint density at radius 2 is 1.67 bits per heavy atom. The first kappa shape index (κ1) is 9.76. The van der Waals surface area contributed by atoms with Gasteiger partial charge in [0.1, 0.15) is 0 Å². The van der Waals surface area contributed by atoms with Gasteiger partial charge in [-0.1, -0.05) is 0 Å². The molecule has 0 bridgehead atoms. The van der Waals surface area contributed by atoms with E-state index >= 15 is 0 Å². The van der Waals surface area contributed by atoms with Crippen molar-refractivity contribution in [1.82, 2.24) is 0 Å².